The maximum atomic E-state index is 12.8. The average Bonchev–Trinajstić information content (AvgIpc) is 3.06. The Hall–Kier alpha value is -3.02. The summed E-state index contributed by atoms with van der Waals surface area (Å²) in [7, 11) is 0. The van der Waals surface area contributed by atoms with E-state index in [-0.39, 0.29) is 17.1 Å². The highest BCUT2D eigenvalue weighted by Gasteiger charge is 2.33. The zero-order valence-electron chi connectivity index (χ0n) is 16.6. The molecule has 1 aliphatic rings. The molecular formula is C22H24N4O2. The van der Waals surface area contributed by atoms with Gasteiger partial charge in [0.25, 0.3) is 5.91 Å². The van der Waals surface area contributed by atoms with Crippen LogP contribution in [0.5, 0.6) is 0 Å². The van der Waals surface area contributed by atoms with E-state index in [0.29, 0.717) is 35.5 Å². The molecule has 0 fully saturated rings. The molecule has 0 unspecified atom stereocenters. The van der Waals surface area contributed by atoms with Crippen molar-refractivity contribution in [3.63, 3.8) is 0 Å². The topological polar surface area (TPSA) is 76.4 Å². The Morgan fingerprint density at radius 3 is 2.54 bits per heavy atom. The van der Waals surface area contributed by atoms with Crippen LogP contribution < -0.4 is 5.32 Å². The Morgan fingerprint density at radius 1 is 1.14 bits per heavy atom. The summed E-state index contributed by atoms with van der Waals surface area (Å²) in [4.78, 5) is 29.6. The van der Waals surface area contributed by atoms with Gasteiger partial charge in [0.1, 0.15) is 5.56 Å². The van der Waals surface area contributed by atoms with Gasteiger partial charge in [-0.3, -0.25) is 9.59 Å². The smallest absolute Gasteiger partial charge is 0.261 e. The van der Waals surface area contributed by atoms with Crippen LogP contribution in [-0.2, 0) is 6.42 Å². The number of hydrogen-bond donors (Lipinski definition) is 1. The Morgan fingerprint density at radius 2 is 1.86 bits per heavy atom. The van der Waals surface area contributed by atoms with Crippen molar-refractivity contribution >= 4 is 23.0 Å². The molecule has 0 atom stereocenters. The summed E-state index contributed by atoms with van der Waals surface area (Å²) in [6, 6.07) is 7.82. The van der Waals surface area contributed by atoms with Gasteiger partial charge >= 0.3 is 0 Å². The number of anilines is 1. The van der Waals surface area contributed by atoms with E-state index in [4.69, 9.17) is 0 Å². The fraction of sp³-hybridized carbons (Fsp3) is 0.364. The molecule has 0 saturated carbocycles. The number of hydrogen-bond acceptors (Lipinski definition) is 4. The number of nitrogens with zero attached hydrogens (tertiary/aromatic N) is 3. The summed E-state index contributed by atoms with van der Waals surface area (Å²) in [6.07, 6.45) is 4.31. The van der Waals surface area contributed by atoms with E-state index >= 15 is 0 Å². The quantitative estimate of drug-likeness (QED) is 0.741. The first-order valence-electron chi connectivity index (χ1n) is 9.55. The summed E-state index contributed by atoms with van der Waals surface area (Å²) in [5.41, 5.74) is 4.10. The number of ketones is 1. The van der Waals surface area contributed by atoms with Crippen molar-refractivity contribution in [2.75, 3.05) is 5.32 Å². The second kappa shape index (κ2) is 6.55. The first-order chi connectivity index (χ1) is 13.2. The first kappa shape index (κ1) is 18.3. The number of Topliss-reactive ketones (excluding diaryl/α,β-unsaturated/α-hetero) is 1. The molecule has 0 radical (unpaired) electrons. The van der Waals surface area contributed by atoms with Gasteiger partial charge < -0.3 is 5.32 Å². The van der Waals surface area contributed by atoms with E-state index in [9.17, 15) is 9.59 Å². The first-order valence-corrected chi connectivity index (χ1v) is 9.55. The molecule has 0 saturated heterocycles. The van der Waals surface area contributed by atoms with Crippen LogP contribution in [0, 0.1) is 5.41 Å². The minimum absolute atomic E-state index is 0.0763. The molecule has 144 valence electrons. The summed E-state index contributed by atoms with van der Waals surface area (Å²) >= 11 is 0. The highest BCUT2D eigenvalue weighted by atomic mass is 16.1. The lowest BCUT2D eigenvalue weighted by molar-refractivity contribution is 0.0908. The molecule has 4 rings (SSSR count). The minimum Gasteiger partial charge on any atom is -0.322 e. The van der Waals surface area contributed by atoms with Crippen LogP contribution in [0.4, 0.5) is 5.69 Å². The van der Waals surface area contributed by atoms with Crippen LogP contribution >= 0.6 is 0 Å². The standard InChI is InChI=1S/C22H24N4O2/c1-13(2)14-5-7-15(8-6-14)25-21(28)17-12-24-26-18-9-22(3,4)10-19(27)16(18)11-23-20(17)26/h5-8,11-13H,9-10H2,1-4H3,(H,25,28). The molecule has 0 bridgehead atoms. The second-order valence-corrected chi connectivity index (χ2v) is 8.58. The number of nitrogens with one attached hydrogen (secondary N) is 1. The molecule has 6 nitrogen and oxygen atoms in total. The lowest BCUT2D eigenvalue weighted by Crippen LogP contribution is -2.29. The molecule has 1 aromatic carbocycles. The van der Waals surface area contributed by atoms with E-state index in [1.54, 1.807) is 10.7 Å². The van der Waals surface area contributed by atoms with Gasteiger partial charge in [0.05, 0.1) is 17.5 Å². The monoisotopic (exact) mass is 376 g/mol. The maximum Gasteiger partial charge on any atom is 0.261 e. The highest BCUT2D eigenvalue weighted by molar-refractivity contribution is 6.08. The van der Waals surface area contributed by atoms with Crippen molar-refractivity contribution in [1.82, 2.24) is 14.6 Å². The zero-order valence-corrected chi connectivity index (χ0v) is 16.6. The van der Waals surface area contributed by atoms with E-state index in [0.717, 1.165) is 11.4 Å². The average molecular weight is 376 g/mol. The largest absolute Gasteiger partial charge is 0.322 e. The molecule has 1 aliphatic carbocycles. The summed E-state index contributed by atoms with van der Waals surface area (Å²) in [6.45, 7) is 8.39. The van der Waals surface area contributed by atoms with Gasteiger partial charge in [-0.1, -0.05) is 39.8 Å². The number of fused-ring (bicyclic) bond motifs is 3. The van der Waals surface area contributed by atoms with Gasteiger partial charge in [0.2, 0.25) is 0 Å². The third kappa shape index (κ3) is 3.19. The van der Waals surface area contributed by atoms with Crippen molar-refractivity contribution < 1.29 is 9.59 Å². The minimum atomic E-state index is -0.263. The molecule has 0 aliphatic heterocycles. The number of aromatic nitrogens is 3. The van der Waals surface area contributed by atoms with Crippen LogP contribution in [0.3, 0.4) is 0 Å². The molecule has 2 aromatic heterocycles. The van der Waals surface area contributed by atoms with Gasteiger partial charge in [-0.15, -0.1) is 0 Å². The molecule has 2 heterocycles. The van der Waals surface area contributed by atoms with E-state index in [2.05, 4.69) is 43.1 Å². The molecule has 0 spiro atoms. The Kier molecular flexibility index (Phi) is 4.29. The summed E-state index contributed by atoms with van der Waals surface area (Å²) in [5.74, 6) is 0.250. The third-order valence-corrected chi connectivity index (χ3v) is 5.29. The molecule has 3 aromatic rings. The van der Waals surface area contributed by atoms with Crippen LogP contribution in [-0.4, -0.2) is 26.3 Å². The number of amides is 1. The molecular weight excluding hydrogens is 352 g/mol. The lowest BCUT2D eigenvalue weighted by Gasteiger charge is -2.29. The maximum absolute atomic E-state index is 12.8. The van der Waals surface area contributed by atoms with Crippen LogP contribution in [0.2, 0.25) is 0 Å². The second-order valence-electron chi connectivity index (χ2n) is 8.58. The van der Waals surface area contributed by atoms with Crippen LogP contribution in [0.1, 0.15) is 72.0 Å². The van der Waals surface area contributed by atoms with E-state index < -0.39 is 0 Å². The Bertz CT molecular complexity index is 1080. The Labute approximate surface area is 164 Å². The molecule has 6 heteroatoms. The number of benzene rings is 1. The van der Waals surface area contributed by atoms with Crippen molar-refractivity contribution in [2.24, 2.45) is 5.41 Å². The third-order valence-electron chi connectivity index (χ3n) is 5.29. The van der Waals surface area contributed by atoms with E-state index in [1.807, 2.05) is 24.3 Å². The molecule has 28 heavy (non-hydrogen) atoms. The van der Waals surface area contributed by atoms with Crippen molar-refractivity contribution in [1.29, 1.82) is 0 Å². The predicted octanol–water partition coefficient (Wildman–Crippen LogP) is 4.26. The van der Waals surface area contributed by atoms with Crippen molar-refractivity contribution in [2.45, 2.75) is 46.5 Å². The van der Waals surface area contributed by atoms with E-state index in [1.165, 1.54) is 11.8 Å². The Balaban J connectivity index is 1.66. The van der Waals surface area contributed by atoms with Gasteiger partial charge in [-0.2, -0.15) is 5.10 Å². The zero-order chi connectivity index (χ0) is 20.1. The fourth-order valence-electron chi connectivity index (χ4n) is 3.74. The summed E-state index contributed by atoms with van der Waals surface area (Å²) < 4.78 is 1.64. The molecule has 1 amide bonds. The number of carbonyl (C=O) groups excluding carboxylic acids is 2. The SMILES string of the molecule is CC(C)c1ccc(NC(=O)c2cnn3c4c(cnc23)C(=O)CC(C)(C)C4)cc1. The number of rotatable bonds is 3. The summed E-state index contributed by atoms with van der Waals surface area (Å²) in [5, 5.41) is 7.28. The van der Waals surface area contributed by atoms with Crippen LogP contribution in [0.15, 0.2) is 36.7 Å². The van der Waals surface area contributed by atoms with Gasteiger partial charge in [0.15, 0.2) is 11.4 Å². The van der Waals surface area contributed by atoms with Crippen molar-refractivity contribution in [3.8, 4) is 0 Å². The number of carbonyl (C=O) groups is 2. The van der Waals surface area contributed by atoms with Gasteiger partial charge in [-0.25, -0.2) is 9.50 Å². The van der Waals surface area contributed by atoms with Gasteiger partial charge in [-0.05, 0) is 35.4 Å². The lowest BCUT2D eigenvalue weighted by atomic mass is 9.76. The predicted molar refractivity (Wildman–Crippen MR) is 108 cm³/mol. The highest BCUT2D eigenvalue weighted by Crippen LogP contribution is 2.34. The molecule has 1 N–H and O–H groups in total. The van der Waals surface area contributed by atoms with Crippen LogP contribution in [0.25, 0.3) is 5.65 Å². The fourth-order valence-corrected chi connectivity index (χ4v) is 3.74. The van der Waals surface area contributed by atoms with Gasteiger partial charge in [0, 0.05) is 18.3 Å². The normalized spacial score (nSPS) is 15.7. The van der Waals surface area contributed by atoms with Crippen molar-refractivity contribution in [3.05, 3.63) is 59.0 Å².